The third kappa shape index (κ3) is 6.72. The van der Waals surface area contributed by atoms with Crippen LogP contribution in [0.25, 0.3) is 11.0 Å². The first-order chi connectivity index (χ1) is 27.5. The molecule has 1 saturated heterocycles. The van der Waals surface area contributed by atoms with E-state index in [1.807, 2.05) is 12.2 Å². The van der Waals surface area contributed by atoms with Gasteiger partial charge in [0.15, 0.2) is 22.8 Å². The molecule has 2 fully saturated rings. The van der Waals surface area contributed by atoms with Crippen molar-refractivity contribution < 1.29 is 59.1 Å². The zero-order valence-corrected chi connectivity index (χ0v) is 31.6. The standard InChI is InChI=1S/C41H47N5O11/c1-22-11-31(48)27-12-25-13-34(57-54-20-33(50)41(53,39(52)32(49)19-47)21-45-10-6-28-30(45)5-9-42-28)40(7-2-3-23(15-40)26-14-35(51)44-16-26)56-37(25)36(38(27)55-22)46-17-24-4-8-43-29(24)18-46/h4-6,8-12,17,23,26,30,32-34,39,47,49-50,52-53H,2-3,7,13-16,18-21H2,1H3,(H,44,51)/p+2/t23-,26-,30?,32-,33+,34-,39-,40+,41-/m1/s1. The largest absolute Gasteiger partial charge is 0.478 e. The lowest BCUT2D eigenvalue weighted by atomic mass is 9.68. The Labute approximate surface area is 327 Å². The molecule has 1 aromatic carbocycles. The Bertz CT molecular complexity index is 2210. The van der Waals surface area contributed by atoms with E-state index in [4.69, 9.17) is 18.9 Å². The van der Waals surface area contributed by atoms with E-state index in [2.05, 4.69) is 21.5 Å². The zero-order valence-electron chi connectivity index (χ0n) is 31.6. The number of carbonyl (C=O) groups is 1. The molecule has 0 bridgehead atoms. The molecule has 16 heteroatoms. The molecule has 1 saturated carbocycles. The molecule has 9 rings (SSSR count). The topological polar surface area (TPSA) is 222 Å². The van der Waals surface area contributed by atoms with E-state index in [1.54, 1.807) is 37.7 Å². The first kappa shape index (κ1) is 38.2. The van der Waals surface area contributed by atoms with Gasteiger partial charge < -0.3 is 40.0 Å². The van der Waals surface area contributed by atoms with Crippen LogP contribution >= 0.6 is 0 Å². The lowest BCUT2D eigenvalue weighted by Gasteiger charge is -2.49. The lowest BCUT2D eigenvalue weighted by Crippen LogP contribution is -3.13. The fourth-order valence-electron chi connectivity index (χ4n) is 9.91. The lowest BCUT2D eigenvalue weighted by molar-refractivity contribution is -0.861. The van der Waals surface area contributed by atoms with Gasteiger partial charge >= 0.3 is 0 Å². The van der Waals surface area contributed by atoms with E-state index in [-0.39, 0.29) is 42.2 Å². The summed E-state index contributed by atoms with van der Waals surface area (Å²) in [6.07, 6.45) is 10.0. The molecule has 7 aliphatic rings. The minimum atomic E-state index is -2.35. The van der Waals surface area contributed by atoms with Crippen LogP contribution in [0.15, 0.2) is 79.9 Å². The van der Waals surface area contributed by atoms with Crippen molar-refractivity contribution in [2.45, 2.75) is 87.1 Å². The van der Waals surface area contributed by atoms with E-state index >= 15 is 0 Å². The Kier molecular flexibility index (Phi) is 9.90. The smallest absolute Gasteiger partial charge is 0.222 e. The van der Waals surface area contributed by atoms with Crippen molar-refractivity contribution in [1.29, 1.82) is 0 Å². The molecule has 16 nitrogen and oxygen atoms in total. The predicted molar refractivity (Wildman–Crippen MR) is 204 cm³/mol. The van der Waals surface area contributed by atoms with E-state index < -0.39 is 48.8 Å². The summed E-state index contributed by atoms with van der Waals surface area (Å²) in [5.74, 6) is 1.31. The van der Waals surface area contributed by atoms with Crippen molar-refractivity contribution >= 4 is 34.0 Å². The minimum absolute atomic E-state index is 0.0201. The molecule has 57 heavy (non-hydrogen) atoms. The fourth-order valence-corrected chi connectivity index (χ4v) is 9.91. The van der Waals surface area contributed by atoms with Gasteiger partial charge in [0.25, 0.3) is 0 Å². The maximum atomic E-state index is 13.5. The Morgan fingerprint density at radius 1 is 1.12 bits per heavy atom. The van der Waals surface area contributed by atoms with Crippen LogP contribution in [0, 0.1) is 18.8 Å². The minimum Gasteiger partial charge on any atom is -0.478 e. The van der Waals surface area contributed by atoms with Crippen molar-refractivity contribution in [3.8, 4) is 5.75 Å². The van der Waals surface area contributed by atoms with Crippen LogP contribution in [0.1, 0.15) is 43.4 Å². The van der Waals surface area contributed by atoms with Crippen LogP contribution in [0.4, 0.5) is 5.69 Å². The second kappa shape index (κ2) is 14.8. The number of fused-ring (bicyclic) bond motifs is 4. The molecule has 1 amide bonds. The SMILES string of the molecule is Cc1cc(=O)c2cc3c(c([NH+]4C=C5C=CN=C5C4)c2o1)O[C@]1(CCC[C@@H]([C@H]2CNC(=O)C2)C1)[C@H](OOC[C@H](O)[C@](O)(C[NH+]1C=CC2=NC=CC21)[C@H](O)[C@H](O)CO)C3. The maximum absolute atomic E-state index is 13.5. The monoisotopic (exact) mass is 787 g/mol. The normalized spacial score (nSPS) is 32.3. The van der Waals surface area contributed by atoms with E-state index in [1.165, 1.54) is 6.07 Å². The average molecular weight is 788 g/mol. The number of benzene rings is 1. The van der Waals surface area contributed by atoms with Crippen LogP contribution in [0.3, 0.4) is 0 Å². The second-order valence-corrected chi connectivity index (χ2v) is 16.6. The van der Waals surface area contributed by atoms with Crippen LogP contribution in [0.2, 0.25) is 0 Å². The number of quaternary nitrogens is 2. The summed E-state index contributed by atoms with van der Waals surface area (Å²) >= 11 is 0. The van der Waals surface area contributed by atoms with Crippen LogP contribution < -0.4 is 25.3 Å². The molecule has 0 radical (unpaired) electrons. The molecule has 2 aromatic rings. The number of amides is 1. The average Bonchev–Trinajstić information content (AvgIpc) is 4.04. The first-order valence-corrected chi connectivity index (χ1v) is 19.8. The third-order valence-electron chi connectivity index (χ3n) is 13.0. The van der Waals surface area contributed by atoms with Crippen LogP contribution in [-0.2, 0) is 21.0 Å². The Balaban J connectivity index is 1.04. The number of hydrogen-bond donors (Lipinski definition) is 8. The van der Waals surface area contributed by atoms with Crippen LogP contribution in [0.5, 0.6) is 5.75 Å². The van der Waals surface area contributed by atoms with Gasteiger partial charge in [-0.15, -0.1) is 0 Å². The Morgan fingerprint density at radius 2 is 1.98 bits per heavy atom. The first-order valence-electron chi connectivity index (χ1n) is 19.8. The second-order valence-electron chi connectivity index (χ2n) is 16.6. The van der Waals surface area contributed by atoms with E-state index in [0.29, 0.717) is 71.0 Å². The van der Waals surface area contributed by atoms with Crippen molar-refractivity contribution in [2.75, 3.05) is 32.8 Å². The quantitative estimate of drug-likeness (QED) is 0.0901. The summed E-state index contributed by atoms with van der Waals surface area (Å²) in [7, 11) is 0. The molecule has 8 N–H and O–H groups in total. The van der Waals surface area contributed by atoms with Gasteiger partial charge in [-0.3, -0.25) is 29.4 Å². The van der Waals surface area contributed by atoms with Gasteiger partial charge in [0.05, 0.1) is 23.8 Å². The highest BCUT2D eigenvalue weighted by Crippen LogP contribution is 2.50. The maximum Gasteiger partial charge on any atom is 0.222 e. The number of allylic oxidation sites excluding steroid dienone is 1. The fraction of sp³-hybridized carbons (Fsp3) is 0.512. The zero-order chi connectivity index (χ0) is 39.6. The van der Waals surface area contributed by atoms with Crippen molar-refractivity contribution in [3.63, 3.8) is 0 Å². The summed E-state index contributed by atoms with van der Waals surface area (Å²) < 4.78 is 13.6. The number of aliphatic hydroxyl groups excluding tert-OH is 4. The molecule has 1 aliphatic carbocycles. The number of aliphatic imine (C=N–C) groups is 2. The summed E-state index contributed by atoms with van der Waals surface area (Å²) in [6, 6.07) is 2.99. The number of aliphatic hydroxyl groups is 5. The van der Waals surface area contributed by atoms with Gasteiger partial charge in [0.1, 0.15) is 73.1 Å². The van der Waals surface area contributed by atoms with Gasteiger partial charge in [-0.05, 0) is 62.7 Å². The van der Waals surface area contributed by atoms with Crippen molar-refractivity contribution in [1.82, 2.24) is 5.32 Å². The van der Waals surface area contributed by atoms with E-state index in [0.717, 1.165) is 34.7 Å². The summed E-state index contributed by atoms with van der Waals surface area (Å²) in [5.41, 5.74) is 0.999. The molecule has 302 valence electrons. The highest BCUT2D eigenvalue weighted by atomic mass is 17.2. The summed E-state index contributed by atoms with van der Waals surface area (Å²) in [5, 5.41) is 58.1. The Morgan fingerprint density at radius 3 is 2.77 bits per heavy atom. The number of ether oxygens (including phenoxy) is 1. The highest BCUT2D eigenvalue weighted by molar-refractivity contribution is 6.07. The van der Waals surface area contributed by atoms with Gasteiger partial charge in [-0.2, -0.15) is 0 Å². The predicted octanol–water partition coefficient (Wildman–Crippen LogP) is -1.64. The Hall–Kier alpha value is -4.36. The number of rotatable bonds is 12. The number of nitrogens with one attached hydrogen (secondary N) is 3. The molecule has 1 spiro atoms. The van der Waals surface area contributed by atoms with Gasteiger partial charge in [0.2, 0.25) is 17.2 Å². The number of hydrogen-bond acceptors (Lipinski definition) is 13. The number of aryl methyl sites for hydroxylation is 1. The molecule has 11 atom stereocenters. The number of carbonyl (C=O) groups excluding carboxylic acids is 1. The highest BCUT2D eigenvalue weighted by Gasteiger charge is 2.55. The molecule has 3 unspecified atom stereocenters. The van der Waals surface area contributed by atoms with Crippen molar-refractivity contribution in [3.05, 3.63) is 82.3 Å². The molecule has 1 aromatic heterocycles. The molecular weight excluding hydrogens is 738 g/mol. The van der Waals surface area contributed by atoms with Gasteiger partial charge in [-0.1, -0.05) is 0 Å². The van der Waals surface area contributed by atoms with Crippen LogP contribution in [-0.4, -0.2) is 117 Å². The summed E-state index contributed by atoms with van der Waals surface area (Å²) in [4.78, 5) is 48.4. The third-order valence-corrected chi connectivity index (χ3v) is 13.0. The number of nitrogens with zero attached hydrogens (tertiary/aromatic N) is 2. The molecule has 7 heterocycles. The van der Waals surface area contributed by atoms with E-state index in [9.17, 15) is 35.1 Å². The molecular formula is C41H49N5O11+2. The molecule has 6 aliphatic heterocycles. The van der Waals surface area contributed by atoms with Gasteiger partial charge in [0, 0.05) is 49.5 Å². The summed E-state index contributed by atoms with van der Waals surface area (Å²) in [6.45, 7) is 1.13. The van der Waals surface area contributed by atoms with Gasteiger partial charge in [-0.25, -0.2) is 9.78 Å². The van der Waals surface area contributed by atoms with Crippen molar-refractivity contribution in [2.24, 2.45) is 21.8 Å².